The fraction of sp³-hybridized carbons (Fsp3) is 0.167. The first-order valence-electron chi connectivity index (χ1n) is 9.66. The van der Waals surface area contributed by atoms with Crippen LogP contribution in [0.1, 0.15) is 17.2 Å². The van der Waals surface area contributed by atoms with Gasteiger partial charge < -0.3 is 0 Å². The van der Waals surface area contributed by atoms with Gasteiger partial charge >= 0.3 is 0 Å². The van der Waals surface area contributed by atoms with Gasteiger partial charge in [-0.25, -0.2) is 9.96 Å². The molecular weight excluding hydrogens is 364 g/mol. The number of hydrogen-bond acceptors (Lipinski definition) is 4. The van der Waals surface area contributed by atoms with Crippen molar-refractivity contribution in [3.63, 3.8) is 0 Å². The third-order valence-corrected chi connectivity index (χ3v) is 5.62. The number of aryl methyl sites for hydroxylation is 1. The summed E-state index contributed by atoms with van der Waals surface area (Å²) in [5.41, 5.74) is 3.26. The largest absolute Gasteiger partial charge is 0.273 e. The summed E-state index contributed by atoms with van der Waals surface area (Å²) in [5, 5.41) is 1.72. The molecule has 3 aromatic carbocycles. The van der Waals surface area contributed by atoms with Gasteiger partial charge in [0.1, 0.15) is 5.92 Å². The van der Waals surface area contributed by atoms with Crippen molar-refractivity contribution in [2.45, 2.75) is 19.1 Å². The molecule has 3 atom stereocenters. The minimum absolute atomic E-state index is 0.221. The van der Waals surface area contributed by atoms with Crippen molar-refractivity contribution in [2.75, 3.05) is 9.96 Å². The van der Waals surface area contributed by atoms with Crippen LogP contribution in [0.2, 0.25) is 0 Å². The van der Waals surface area contributed by atoms with Crippen molar-refractivity contribution < 1.29 is 14.4 Å². The maximum atomic E-state index is 13.5. The molecular formula is C24H20N2O3. The molecule has 0 aliphatic carbocycles. The highest BCUT2D eigenvalue weighted by molar-refractivity contribution is 6.24. The summed E-state index contributed by atoms with van der Waals surface area (Å²) in [5.74, 6) is -1.14. The van der Waals surface area contributed by atoms with E-state index in [0.717, 1.165) is 16.8 Å². The molecule has 2 aliphatic heterocycles. The van der Waals surface area contributed by atoms with Crippen LogP contribution in [0.5, 0.6) is 0 Å². The van der Waals surface area contributed by atoms with Gasteiger partial charge in [-0.3, -0.25) is 14.4 Å². The van der Waals surface area contributed by atoms with Crippen LogP contribution >= 0.6 is 0 Å². The Kier molecular flexibility index (Phi) is 4.18. The summed E-state index contributed by atoms with van der Waals surface area (Å²) >= 11 is 0. The Bertz CT molecular complexity index is 1070. The van der Waals surface area contributed by atoms with E-state index in [1.54, 1.807) is 11.1 Å². The topological polar surface area (TPSA) is 49.9 Å². The van der Waals surface area contributed by atoms with Gasteiger partial charge in [-0.2, -0.15) is 0 Å². The molecule has 2 amide bonds. The standard InChI is InChI=1S/C24H20N2O3/c1-16-10-8-9-15-19(16)25-23(27)20-21(17-11-4-2-5-12-17)26(29-22(20)24(25)28)18-13-6-3-7-14-18/h2-15,20-22H,1H3/t20-,21+,22+/m1/s1. The van der Waals surface area contributed by atoms with Gasteiger partial charge in [0, 0.05) is 0 Å². The fourth-order valence-electron chi connectivity index (χ4n) is 4.25. The van der Waals surface area contributed by atoms with Crippen LogP contribution in [0.4, 0.5) is 11.4 Å². The third kappa shape index (κ3) is 2.74. The van der Waals surface area contributed by atoms with Crippen molar-refractivity contribution in [1.29, 1.82) is 0 Å². The van der Waals surface area contributed by atoms with Crippen LogP contribution in [-0.2, 0) is 14.4 Å². The van der Waals surface area contributed by atoms with E-state index in [2.05, 4.69) is 0 Å². The lowest BCUT2D eigenvalue weighted by Crippen LogP contribution is -2.37. The molecule has 0 aromatic heterocycles. The molecule has 5 heteroatoms. The molecule has 0 radical (unpaired) electrons. The summed E-state index contributed by atoms with van der Waals surface area (Å²) in [6.07, 6.45) is -0.840. The van der Waals surface area contributed by atoms with E-state index in [9.17, 15) is 9.59 Å². The highest BCUT2D eigenvalue weighted by Gasteiger charge is 2.60. The molecule has 2 aliphatic rings. The quantitative estimate of drug-likeness (QED) is 0.640. The van der Waals surface area contributed by atoms with Crippen molar-refractivity contribution >= 4 is 23.2 Å². The van der Waals surface area contributed by atoms with E-state index >= 15 is 0 Å². The molecule has 5 nitrogen and oxygen atoms in total. The number of carbonyl (C=O) groups is 2. The smallest absolute Gasteiger partial charge is 0.266 e. The Labute approximate surface area is 169 Å². The summed E-state index contributed by atoms with van der Waals surface area (Å²) < 4.78 is 0. The lowest BCUT2D eigenvalue weighted by molar-refractivity contribution is -0.126. The molecule has 0 bridgehead atoms. The summed E-state index contributed by atoms with van der Waals surface area (Å²) in [4.78, 5) is 34.2. The highest BCUT2D eigenvalue weighted by atomic mass is 16.7. The number of benzene rings is 3. The van der Waals surface area contributed by atoms with Crippen molar-refractivity contribution in [2.24, 2.45) is 5.92 Å². The van der Waals surface area contributed by atoms with Crippen LogP contribution < -0.4 is 9.96 Å². The van der Waals surface area contributed by atoms with Gasteiger partial charge in [0.15, 0.2) is 6.10 Å². The molecule has 144 valence electrons. The molecule has 0 saturated carbocycles. The van der Waals surface area contributed by atoms with Gasteiger partial charge in [-0.15, -0.1) is 0 Å². The van der Waals surface area contributed by atoms with E-state index in [1.165, 1.54) is 4.90 Å². The van der Waals surface area contributed by atoms with Crippen LogP contribution in [0.3, 0.4) is 0 Å². The Morgan fingerprint density at radius 1 is 0.759 bits per heavy atom. The normalized spacial score (nSPS) is 23.6. The number of anilines is 2. The van der Waals surface area contributed by atoms with Gasteiger partial charge in [0.2, 0.25) is 5.91 Å². The zero-order valence-electron chi connectivity index (χ0n) is 15.9. The molecule has 2 saturated heterocycles. The minimum Gasteiger partial charge on any atom is -0.273 e. The van der Waals surface area contributed by atoms with Gasteiger partial charge in [0.25, 0.3) is 5.91 Å². The van der Waals surface area contributed by atoms with Crippen LogP contribution in [0.25, 0.3) is 0 Å². The number of fused-ring (bicyclic) bond motifs is 1. The first-order chi connectivity index (χ1) is 14.2. The average molecular weight is 384 g/mol. The summed E-state index contributed by atoms with van der Waals surface area (Å²) in [6, 6.07) is 26.4. The molecule has 0 N–H and O–H groups in total. The SMILES string of the molecule is Cc1ccccc1N1C(=O)[C@H]2[C@H](ON(c3ccccc3)[C@H]2c2ccccc2)C1=O. The third-order valence-electron chi connectivity index (χ3n) is 5.62. The Balaban J connectivity index is 1.60. The van der Waals surface area contributed by atoms with Crippen molar-refractivity contribution in [3.05, 3.63) is 96.1 Å². The number of para-hydroxylation sites is 2. The predicted molar refractivity (Wildman–Crippen MR) is 110 cm³/mol. The van der Waals surface area contributed by atoms with Crippen molar-refractivity contribution in [3.8, 4) is 0 Å². The van der Waals surface area contributed by atoms with Crippen molar-refractivity contribution in [1.82, 2.24) is 0 Å². The molecule has 3 aromatic rings. The van der Waals surface area contributed by atoms with E-state index in [1.807, 2.05) is 85.8 Å². The Morgan fingerprint density at radius 2 is 1.38 bits per heavy atom. The first kappa shape index (κ1) is 17.6. The van der Waals surface area contributed by atoms with Crippen LogP contribution in [-0.4, -0.2) is 17.9 Å². The summed E-state index contributed by atoms with van der Waals surface area (Å²) in [7, 11) is 0. The molecule has 29 heavy (non-hydrogen) atoms. The average Bonchev–Trinajstić information content (AvgIpc) is 3.26. The van der Waals surface area contributed by atoms with Gasteiger partial charge in [-0.05, 0) is 36.2 Å². The first-order valence-corrected chi connectivity index (χ1v) is 9.66. The van der Waals surface area contributed by atoms with Gasteiger partial charge in [-0.1, -0.05) is 66.7 Å². The number of amides is 2. The van der Waals surface area contributed by atoms with Crippen LogP contribution in [0, 0.1) is 12.8 Å². The number of hydrogen-bond donors (Lipinski definition) is 0. The minimum atomic E-state index is -0.840. The second-order valence-electron chi connectivity index (χ2n) is 7.37. The maximum absolute atomic E-state index is 13.5. The Hall–Kier alpha value is -3.44. The van der Waals surface area contributed by atoms with E-state index in [0.29, 0.717) is 5.69 Å². The number of rotatable bonds is 3. The second-order valence-corrected chi connectivity index (χ2v) is 7.37. The fourth-order valence-corrected chi connectivity index (χ4v) is 4.25. The maximum Gasteiger partial charge on any atom is 0.266 e. The lowest BCUT2D eigenvalue weighted by Gasteiger charge is -2.29. The van der Waals surface area contributed by atoms with E-state index in [4.69, 9.17) is 4.84 Å². The highest BCUT2D eigenvalue weighted by Crippen LogP contribution is 2.47. The number of hydroxylamine groups is 1. The Morgan fingerprint density at radius 3 is 2.07 bits per heavy atom. The molecule has 2 fully saturated rings. The molecule has 0 unspecified atom stereocenters. The zero-order chi connectivity index (χ0) is 20.0. The molecule has 0 spiro atoms. The number of imide groups is 1. The number of nitrogens with zero attached hydrogens (tertiary/aromatic N) is 2. The zero-order valence-corrected chi connectivity index (χ0v) is 15.9. The van der Waals surface area contributed by atoms with E-state index < -0.39 is 12.0 Å². The second kappa shape index (κ2) is 6.87. The number of carbonyl (C=O) groups excluding carboxylic acids is 2. The predicted octanol–water partition coefficient (Wildman–Crippen LogP) is 4.05. The molecule has 2 heterocycles. The van der Waals surface area contributed by atoms with Gasteiger partial charge in [0.05, 0.1) is 17.4 Å². The van der Waals surface area contributed by atoms with Crippen LogP contribution in [0.15, 0.2) is 84.9 Å². The van der Waals surface area contributed by atoms with E-state index in [-0.39, 0.29) is 17.9 Å². The molecule has 5 rings (SSSR count). The summed E-state index contributed by atoms with van der Waals surface area (Å²) in [6.45, 7) is 1.90. The lowest BCUT2D eigenvalue weighted by atomic mass is 9.90. The monoisotopic (exact) mass is 384 g/mol.